The second-order valence-corrected chi connectivity index (χ2v) is 4.47. The molecule has 0 spiro atoms. The summed E-state index contributed by atoms with van der Waals surface area (Å²) in [6.45, 7) is 2.58. The van der Waals surface area contributed by atoms with E-state index in [4.69, 9.17) is 5.73 Å². The number of aryl methyl sites for hydroxylation is 1. The van der Waals surface area contributed by atoms with E-state index in [0.29, 0.717) is 12.1 Å². The first kappa shape index (κ1) is 15.2. The fourth-order valence-corrected chi connectivity index (χ4v) is 1.59. The topological polar surface area (TPSA) is 93.2 Å². The SMILES string of the molecule is CCCNC(=O)CN(C)C(=O)C(N)c1cnn(C)c1. The zero-order valence-electron chi connectivity index (χ0n) is 11.6. The molecule has 1 rings (SSSR count). The molecular formula is C12H21N5O2. The van der Waals surface area contributed by atoms with Gasteiger partial charge < -0.3 is 16.0 Å². The van der Waals surface area contributed by atoms with Gasteiger partial charge in [-0.3, -0.25) is 14.3 Å². The minimum Gasteiger partial charge on any atom is -0.355 e. The molecule has 0 radical (unpaired) electrons. The highest BCUT2D eigenvalue weighted by atomic mass is 16.2. The first-order valence-corrected chi connectivity index (χ1v) is 6.21. The molecule has 106 valence electrons. The Balaban J connectivity index is 2.54. The fourth-order valence-electron chi connectivity index (χ4n) is 1.59. The van der Waals surface area contributed by atoms with Crippen molar-refractivity contribution in [3.63, 3.8) is 0 Å². The average molecular weight is 267 g/mol. The van der Waals surface area contributed by atoms with Crippen molar-refractivity contribution in [3.05, 3.63) is 18.0 Å². The Morgan fingerprint density at radius 2 is 2.26 bits per heavy atom. The van der Waals surface area contributed by atoms with Crippen LogP contribution in [-0.4, -0.2) is 46.6 Å². The molecule has 0 aliphatic rings. The van der Waals surface area contributed by atoms with E-state index in [1.165, 1.54) is 4.90 Å². The molecule has 0 fully saturated rings. The van der Waals surface area contributed by atoms with E-state index in [-0.39, 0.29) is 18.4 Å². The fraction of sp³-hybridized carbons (Fsp3) is 0.583. The van der Waals surface area contributed by atoms with Crippen LogP contribution in [0.25, 0.3) is 0 Å². The minimum atomic E-state index is -0.794. The molecule has 0 aliphatic carbocycles. The maximum absolute atomic E-state index is 12.0. The summed E-state index contributed by atoms with van der Waals surface area (Å²) in [7, 11) is 3.31. The highest BCUT2D eigenvalue weighted by Gasteiger charge is 2.22. The number of hydrogen-bond acceptors (Lipinski definition) is 4. The van der Waals surface area contributed by atoms with Crippen LogP contribution in [0.2, 0.25) is 0 Å². The van der Waals surface area contributed by atoms with Crippen LogP contribution in [0.15, 0.2) is 12.4 Å². The van der Waals surface area contributed by atoms with Gasteiger partial charge in [0.15, 0.2) is 0 Å². The van der Waals surface area contributed by atoms with Crippen LogP contribution in [0, 0.1) is 0 Å². The van der Waals surface area contributed by atoms with Crippen molar-refractivity contribution in [1.29, 1.82) is 0 Å². The van der Waals surface area contributed by atoms with Crippen molar-refractivity contribution in [2.75, 3.05) is 20.1 Å². The van der Waals surface area contributed by atoms with Gasteiger partial charge in [-0.25, -0.2) is 0 Å². The lowest BCUT2D eigenvalue weighted by atomic mass is 10.1. The first-order chi connectivity index (χ1) is 8.95. The van der Waals surface area contributed by atoms with Crippen LogP contribution in [-0.2, 0) is 16.6 Å². The summed E-state index contributed by atoms with van der Waals surface area (Å²) in [5.74, 6) is -0.490. The Bertz CT molecular complexity index is 443. The summed E-state index contributed by atoms with van der Waals surface area (Å²) < 4.78 is 1.58. The maximum atomic E-state index is 12.0. The van der Waals surface area contributed by atoms with Crippen LogP contribution in [0.4, 0.5) is 0 Å². The number of nitrogens with two attached hydrogens (primary N) is 1. The summed E-state index contributed by atoms with van der Waals surface area (Å²) in [4.78, 5) is 24.9. The molecule has 0 saturated heterocycles. The van der Waals surface area contributed by atoms with Crippen molar-refractivity contribution in [1.82, 2.24) is 20.0 Å². The van der Waals surface area contributed by atoms with E-state index in [2.05, 4.69) is 10.4 Å². The van der Waals surface area contributed by atoms with Gasteiger partial charge in [-0.1, -0.05) is 6.92 Å². The number of nitrogens with one attached hydrogen (secondary N) is 1. The first-order valence-electron chi connectivity index (χ1n) is 6.21. The molecule has 1 unspecified atom stereocenters. The number of carbonyl (C=O) groups is 2. The van der Waals surface area contributed by atoms with Crippen molar-refractivity contribution in [3.8, 4) is 0 Å². The van der Waals surface area contributed by atoms with Crippen molar-refractivity contribution >= 4 is 11.8 Å². The van der Waals surface area contributed by atoms with Gasteiger partial charge in [0.1, 0.15) is 6.04 Å². The van der Waals surface area contributed by atoms with E-state index < -0.39 is 6.04 Å². The number of likely N-dealkylation sites (N-methyl/N-ethyl adjacent to an activating group) is 1. The van der Waals surface area contributed by atoms with Crippen LogP contribution in [0.1, 0.15) is 24.9 Å². The van der Waals surface area contributed by atoms with Crippen molar-refractivity contribution in [2.24, 2.45) is 12.8 Å². The molecule has 7 nitrogen and oxygen atoms in total. The molecule has 19 heavy (non-hydrogen) atoms. The van der Waals surface area contributed by atoms with Gasteiger partial charge in [-0.05, 0) is 6.42 Å². The standard InChI is InChI=1S/C12H21N5O2/c1-4-5-14-10(18)8-16(2)12(19)11(13)9-6-15-17(3)7-9/h6-7,11H,4-5,8,13H2,1-3H3,(H,14,18). The molecule has 1 heterocycles. The second kappa shape index (κ2) is 6.89. The molecule has 0 aliphatic heterocycles. The van der Waals surface area contributed by atoms with Crippen LogP contribution >= 0.6 is 0 Å². The van der Waals surface area contributed by atoms with Crippen LogP contribution in [0.5, 0.6) is 0 Å². The van der Waals surface area contributed by atoms with Crippen molar-refractivity contribution in [2.45, 2.75) is 19.4 Å². The van der Waals surface area contributed by atoms with Gasteiger partial charge in [0, 0.05) is 32.4 Å². The van der Waals surface area contributed by atoms with E-state index in [1.807, 2.05) is 6.92 Å². The van der Waals surface area contributed by atoms with E-state index in [0.717, 1.165) is 6.42 Å². The third-order valence-corrected chi connectivity index (χ3v) is 2.68. The number of aromatic nitrogens is 2. The quantitative estimate of drug-likeness (QED) is 0.720. The number of nitrogens with zero attached hydrogens (tertiary/aromatic N) is 3. The van der Waals surface area contributed by atoms with Crippen LogP contribution < -0.4 is 11.1 Å². The number of hydrogen-bond donors (Lipinski definition) is 2. The highest BCUT2D eigenvalue weighted by molar-refractivity contribution is 5.87. The van der Waals surface area contributed by atoms with Gasteiger partial charge in [0.05, 0.1) is 12.7 Å². The van der Waals surface area contributed by atoms with E-state index in [9.17, 15) is 9.59 Å². The Morgan fingerprint density at radius 3 is 2.79 bits per heavy atom. The molecule has 0 bridgehead atoms. The molecular weight excluding hydrogens is 246 g/mol. The highest BCUT2D eigenvalue weighted by Crippen LogP contribution is 2.10. The largest absolute Gasteiger partial charge is 0.355 e. The summed E-state index contributed by atoms with van der Waals surface area (Å²) in [6, 6.07) is -0.794. The molecule has 1 atom stereocenters. The lowest BCUT2D eigenvalue weighted by Crippen LogP contribution is -2.42. The van der Waals surface area contributed by atoms with Crippen molar-refractivity contribution < 1.29 is 9.59 Å². The molecule has 0 saturated carbocycles. The minimum absolute atomic E-state index is 0.00674. The summed E-state index contributed by atoms with van der Waals surface area (Å²) >= 11 is 0. The maximum Gasteiger partial charge on any atom is 0.244 e. The summed E-state index contributed by atoms with van der Waals surface area (Å²) in [5.41, 5.74) is 6.49. The third kappa shape index (κ3) is 4.36. The molecule has 0 aromatic carbocycles. The van der Waals surface area contributed by atoms with Gasteiger partial charge in [0.25, 0.3) is 0 Å². The monoisotopic (exact) mass is 267 g/mol. The van der Waals surface area contributed by atoms with E-state index in [1.54, 1.807) is 31.2 Å². The zero-order valence-corrected chi connectivity index (χ0v) is 11.6. The Kier molecular flexibility index (Phi) is 5.50. The molecule has 1 aromatic heterocycles. The van der Waals surface area contributed by atoms with Gasteiger partial charge in [0.2, 0.25) is 11.8 Å². The van der Waals surface area contributed by atoms with Gasteiger partial charge >= 0.3 is 0 Å². The van der Waals surface area contributed by atoms with E-state index >= 15 is 0 Å². The summed E-state index contributed by atoms with van der Waals surface area (Å²) in [6.07, 6.45) is 4.10. The lowest BCUT2D eigenvalue weighted by molar-refractivity contribution is -0.135. The predicted molar refractivity (Wildman–Crippen MR) is 71.1 cm³/mol. The lowest BCUT2D eigenvalue weighted by Gasteiger charge is -2.20. The molecule has 2 amide bonds. The Labute approximate surface area is 112 Å². The smallest absolute Gasteiger partial charge is 0.244 e. The zero-order chi connectivity index (χ0) is 14.4. The average Bonchev–Trinajstić information content (AvgIpc) is 2.81. The van der Waals surface area contributed by atoms with Gasteiger partial charge in [-0.15, -0.1) is 0 Å². The predicted octanol–water partition coefficient (Wildman–Crippen LogP) is -0.595. The summed E-state index contributed by atoms with van der Waals surface area (Å²) in [5, 5.41) is 6.68. The number of carbonyl (C=O) groups excluding carboxylic acids is 2. The normalized spacial score (nSPS) is 12.0. The number of rotatable bonds is 6. The van der Waals surface area contributed by atoms with Crippen LogP contribution in [0.3, 0.4) is 0 Å². The third-order valence-electron chi connectivity index (χ3n) is 2.68. The molecule has 7 heteroatoms. The molecule has 1 aromatic rings. The molecule has 3 N–H and O–H groups in total. The Hall–Kier alpha value is -1.89. The van der Waals surface area contributed by atoms with Gasteiger partial charge in [-0.2, -0.15) is 5.10 Å². The second-order valence-electron chi connectivity index (χ2n) is 4.47. The number of amides is 2. The Morgan fingerprint density at radius 1 is 1.58 bits per heavy atom.